The van der Waals surface area contributed by atoms with Gasteiger partial charge >= 0.3 is 0 Å². The molecule has 24 heavy (non-hydrogen) atoms. The van der Waals surface area contributed by atoms with Gasteiger partial charge < -0.3 is 9.88 Å². The van der Waals surface area contributed by atoms with Crippen LogP contribution in [0.3, 0.4) is 0 Å². The predicted molar refractivity (Wildman–Crippen MR) is 94.8 cm³/mol. The number of nitrogens with zero attached hydrogens (tertiary/aromatic N) is 2. The Balaban J connectivity index is 1.96. The summed E-state index contributed by atoms with van der Waals surface area (Å²) in [5, 5.41) is 6.10. The highest BCUT2D eigenvalue weighted by Crippen LogP contribution is 2.24. The third kappa shape index (κ3) is 4.83. The molecule has 1 aromatic heterocycles. The number of carbonyl (C=O) groups excluding carboxylic acids is 2. The first-order chi connectivity index (χ1) is 11.5. The van der Waals surface area contributed by atoms with Gasteiger partial charge in [0.1, 0.15) is 0 Å². The highest BCUT2D eigenvalue weighted by atomic mass is 35.5. The average Bonchev–Trinajstić information content (AvgIpc) is 2.92. The van der Waals surface area contributed by atoms with Crippen molar-refractivity contribution in [3.63, 3.8) is 0 Å². The summed E-state index contributed by atoms with van der Waals surface area (Å²) >= 11 is 6.01. The maximum absolute atomic E-state index is 12.0. The summed E-state index contributed by atoms with van der Waals surface area (Å²) in [5.74, 6) is 0.0726. The minimum absolute atomic E-state index is 0.119. The highest BCUT2D eigenvalue weighted by molar-refractivity contribution is 6.30. The van der Waals surface area contributed by atoms with Crippen molar-refractivity contribution in [2.75, 3.05) is 11.9 Å². The first-order valence-corrected chi connectivity index (χ1v) is 8.23. The molecule has 2 aromatic rings. The smallest absolute Gasteiger partial charge is 0.227 e. The van der Waals surface area contributed by atoms with Crippen molar-refractivity contribution >= 4 is 29.4 Å². The van der Waals surface area contributed by atoms with E-state index >= 15 is 0 Å². The number of benzene rings is 1. The van der Waals surface area contributed by atoms with Crippen LogP contribution in [-0.4, -0.2) is 27.9 Å². The fraction of sp³-hybridized carbons (Fsp3) is 0.353. The van der Waals surface area contributed by atoms with Crippen molar-refractivity contribution in [3.8, 4) is 11.3 Å². The van der Waals surface area contributed by atoms with Crippen molar-refractivity contribution in [2.45, 2.75) is 26.2 Å². The van der Waals surface area contributed by atoms with E-state index in [9.17, 15) is 9.59 Å². The van der Waals surface area contributed by atoms with Crippen LogP contribution in [0.25, 0.3) is 11.3 Å². The lowest BCUT2D eigenvalue weighted by Gasteiger charge is -2.08. The molecule has 128 valence electrons. The van der Waals surface area contributed by atoms with E-state index in [0.29, 0.717) is 17.5 Å². The predicted octanol–water partition coefficient (Wildman–Crippen LogP) is 2.99. The number of rotatable bonds is 7. The zero-order valence-corrected chi connectivity index (χ0v) is 14.6. The zero-order chi connectivity index (χ0) is 17.5. The third-order valence-electron chi connectivity index (χ3n) is 3.51. The molecule has 1 aromatic carbocycles. The summed E-state index contributed by atoms with van der Waals surface area (Å²) in [7, 11) is 1.81. The lowest BCUT2D eigenvalue weighted by molar-refractivity contribution is -0.124. The molecule has 0 aliphatic carbocycles. The topological polar surface area (TPSA) is 76.0 Å². The second-order valence-electron chi connectivity index (χ2n) is 5.43. The molecular formula is C17H21ClN4O2. The molecule has 0 saturated heterocycles. The molecule has 2 rings (SSSR count). The maximum Gasteiger partial charge on any atom is 0.227 e. The molecule has 7 heteroatoms. The summed E-state index contributed by atoms with van der Waals surface area (Å²) in [6, 6.07) is 7.42. The fourth-order valence-electron chi connectivity index (χ4n) is 2.21. The fourth-order valence-corrected chi connectivity index (χ4v) is 2.40. The molecular weight excluding hydrogens is 328 g/mol. The molecule has 2 N–H and O–H groups in total. The van der Waals surface area contributed by atoms with E-state index < -0.39 is 0 Å². The number of anilines is 1. The van der Waals surface area contributed by atoms with Gasteiger partial charge in [-0.2, -0.15) is 0 Å². The molecule has 1 heterocycles. The van der Waals surface area contributed by atoms with Crippen molar-refractivity contribution in [1.82, 2.24) is 14.9 Å². The SMILES string of the molecule is CCCNC(=O)CCC(=O)Nc1ncc(-c2cccc(Cl)c2)n1C. The van der Waals surface area contributed by atoms with E-state index in [-0.39, 0.29) is 24.7 Å². The number of hydrogen-bond donors (Lipinski definition) is 2. The maximum atomic E-state index is 12.0. The molecule has 2 amide bonds. The minimum atomic E-state index is -0.243. The van der Waals surface area contributed by atoms with Crippen LogP contribution < -0.4 is 10.6 Å². The van der Waals surface area contributed by atoms with Gasteiger partial charge in [0.15, 0.2) is 0 Å². The van der Waals surface area contributed by atoms with Crippen LogP contribution in [0.2, 0.25) is 5.02 Å². The Bertz CT molecular complexity index is 727. The van der Waals surface area contributed by atoms with Crippen LogP contribution in [0.5, 0.6) is 0 Å². The summed E-state index contributed by atoms with van der Waals surface area (Å²) in [4.78, 5) is 27.7. The Morgan fingerprint density at radius 2 is 2.00 bits per heavy atom. The van der Waals surface area contributed by atoms with Crippen LogP contribution >= 0.6 is 11.6 Å². The highest BCUT2D eigenvalue weighted by Gasteiger charge is 2.12. The number of hydrogen-bond acceptors (Lipinski definition) is 3. The second kappa shape index (κ2) is 8.49. The average molecular weight is 349 g/mol. The standard InChI is InChI=1S/C17H21ClN4O2/c1-3-9-19-15(23)7-8-16(24)21-17-20-11-14(22(17)2)12-5-4-6-13(18)10-12/h4-6,10-11H,3,7-9H2,1-2H3,(H,19,23)(H,20,21,24). The molecule has 0 fully saturated rings. The molecule has 0 aliphatic heterocycles. The Morgan fingerprint density at radius 3 is 2.71 bits per heavy atom. The van der Waals surface area contributed by atoms with Gasteiger partial charge in [-0.3, -0.25) is 14.9 Å². The molecule has 0 spiro atoms. The summed E-state index contributed by atoms with van der Waals surface area (Å²) in [5.41, 5.74) is 1.76. The summed E-state index contributed by atoms with van der Waals surface area (Å²) in [6.07, 6.45) is 2.83. The Labute approximate surface area is 146 Å². The van der Waals surface area contributed by atoms with Crippen LogP contribution in [0, 0.1) is 0 Å². The Morgan fingerprint density at radius 1 is 1.25 bits per heavy atom. The number of halogens is 1. The number of imidazole rings is 1. The first kappa shape index (κ1) is 18.0. The van der Waals surface area contributed by atoms with Gasteiger partial charge in [-0.05, 0) is 18.6 Å². The third-order valence-corrected chi connectivity index (χ3v) is 3.75. The Hall–Kier alpha value is -2.34. The van der Waals surface area contributed by atoms with Crippen molar-refractivity contribution < 1.29 is 9.59 Å². The van der Waals surface area contributed by atoms with Gasteiger partial charge in [0.25, 0.3) is 0 Å². The second-order valence-corrected chi connectivity index (χ2v) is 5.87. The normalized spacial score (nSPS) is 10.5. The molecule has 0 aliphatic rings. The van der Waals surface area contributed by atoms with Gasteiger partial charge in [-0.25, -0.2) is 4.98 Å². The van der Waals surface area contributed by atoms with E-state index in [1.807, 2.05) is 32.2 Å². The number of aromatic nitrogens is 2. The van der Waals surface area contributed by atoms with Gasteiger partial charge in [0, 0.05) is 37.0 Å². The molecule has 0 atom stereocenters. The van der Waals surface area contributed by atoms with E-state index in [4.69, 9.17) is 11.6 Å². The van der Waals surface area contributed by atoms with Gasteiger partial charge in [-0.15, -0.1) is 0 Å². The monoisotopic (exact) mass is 348 g/mol. The van der Waals surface area contributed by atoms with Gasteiger partial charge in [0.2, 0.25) is 17.8 Å². The quantitative estimate of drug-likeness (QED) is 0.807. The van der Waals surface area contributed by atoms with Crippen molar-refractivity contribution in [2.24, 2.45) is 7.05 Å². The van der Waals surface area contributed by atoms with Crippen molar-refractivity contribution in [3.05, 3.63) is 35.5 Å². The van der Waals surface area contributed by atoms with Crippen LogP contribution in [-0.2, 0) is 16.6 Å². The minimum Gasteiger partial charge on any atom is -0.356 e. The van der Waals surface area contributed by atoms with E-state index in [2.05, 4.69) is 15.6 Å². The summed E-state index contributed by atoms with van der Waals surface area (Å²) < 4.78 is 1.78. The zero-order valence-electron chi connectivity index (χ0n) is 13.8. The first-order valence-electron chi connectivity index (χ1n) is 7.85. The molecule has 0 radical (unpaired) electrons. The lowest BCUT2D eigenvalue weighted by Crippen LogP contribution is -2.25. The molecule has 0 unspecified atom stereocenters. The largest absolute Gasteiger partial charge is 0.356 e. The lowest BCUT2D eigenvalue weighted by atomic mass is 10.2. The van der Waals surface area contributed by atoms with E-state index in [1.54, 1.807) is 16.8 Å². The van der Waals surface area contributed by atoms with Crippen LogP contribution in [0.4, 0.5) is 5.95 Å². The molecule has 0 saturated carbocycles. The van der Waals surface area contributed by atoms with Crippen molar-refractivity contribution in [1.29, 1.82) is 0 Å². The molecule has 6 nitrogen and oxygen atoms in total. The van der Waals surface area contributed by atoms with Gasteiger partial charge in [0.05, 0.1) is 11.9 Å². The number of nitrogens with one attached hydrogen (secondary N) is 2. The Kier molecular flexibility index (Phi) is 6.37. The van der Waals surface area contributed by atoms with E-state index in [0.717, 1.165) is 17.7 Å². The van der Waals surface area contributed by atoms with Gasteiger partial charge in [-0.1, -0.05) is 30.7 Å². The van der Waals surface area contributed by atoms with Crippen LogP contribution in [0.1, 0.15) is 26.2 Å². The summed E-state index contributed by atoms with van der Waals surface area (Å²) in [6.45, 7) is 2.61. The number of carbonyl (C=O) groups is 2. The number of amides is 2. The van der Waals surface area contributed by atoms with E-state index in [1.165, 1.54) is 0 Å². The molecule has 0 bridgehead atoms. The van der Waals surface area contributed by atoms with Crippen LogP contribution in [0.15, 0.2) is 30.5 Å².